The fourth-order valence-electron chi connectivity index (χ4n) is 7.46. The summed E-state index contributed by atoms with van der Waals surface area (Å²) in [6.07, 6.45) is 0. The van der Waals surface area contributed by atoms with E-state index in [2.05, 4.69) is 97.1 Å². The van der Waals surface area contributed by atoms with E-state index in [1.54, 1.807) is 0 Å². The highest BCUT2D eigenvalue weighted by Gasteiger charge is 2.16. The van der Waals surface area contributed by atoms with Gasteiger partial charge in [0, 0.05) is 47.6 Å². The van der Waals surface area contributed by atoms with Crippen molar-refractivity contribution in [1.82, 2.24) is 15.0 Å². The highest BCUT2D eigenvalue weighted by Crippen LogP contribution is 2.41. The average molecular weight is 656 g/mol. The van der Waals surface area contributed by atoms with Gasteiger partial charge >= 0.3 is 0 Å². The van der Waals surface area contributed by atoms with Gasteiger partial charge < -0.3 is 4.42 Å². The van der Waals surface area contributed by atoms with E-state index >= 15 is 0 Å². The van der Waals surface area contributed by atoms with Crippen molar-refractivity contribution in [1.29, 1.82) is 0 Å². The topological polar surface area (TPSA) is 51.8 Å². The van der Waals surface area contributed by atoms with Gasteiger partial charge in [-0.15, -0.1) is 11.3 Å². The smallest absolute Gasteiger partial charge is 0.164 e. The second kappa shape index (κ2) is 10.5. The molecule has 50 heavy (non-hydrogen) atoms. The quantitative estimate of drug-likeness (QED) is 0.178. The predicted molar refractivity (Wildman–Crippen MR) is 209 cm³/mol. The number of hydrogen-bond donors (Lipinski definition) is 0. The maximum Gasteiger partial charge on any atom is 0.164 e. The highest BCUT2D eigenvalue weighted by molar-refractivity contribution is 7.25. The summed E-state index contributed by atoms with van der Waals surface area (Å²) in [6, 6.07) is 53.4. The zero-order valence-corrected chi connectivity index (χ0v) is 27.4. The first-order chi connectivity index (χ1) is 24.7. The van der Waals surface area contributed by atoms with Gasteiger partial charge in [-0.1, -0.05) is 109 Å². The molecule has 0 aliphatic rings. The van der Waals surface area contributed by atoms with E-state index in [4.69, 9.17) is 19.4 Å². The number of benzene rings is 8. The summed E-state index contributed by atoms with van der Waals surface area (Å²) in [4.78, 5) is 15.1. The second-order valence-electron chi connectivity index (χ2n) is 12.8. The number of aromatic nitrogens is 3. The maximum atomic E-state index is 6.23. The van der Waals surface area contributed by atoms with Crippen molar-refractivity contribution < 1.29 is 4.42 Å². The Kier molecular flexibility index (Phi) is 5.80. The van der Waals surface area contributed by atoms with Crippen LogP contribution in [0.5, 0.6) is 0 Å². The Bertz CT molecular complexity index is 3160. The molecule has 8 aromatic carbocycles. The number of thiophene rings is 1. The number of furan rings is 1. The summed E-state index contributed by atoms with van der Waals surface area (Å²) >= 11 is 1.86. The third-order valence-corrected chi connectivity index (χ3v) is 11.0. The largest absolute Gasteiger partial charge is 0.456 e. The number of fused-ring (bicyclic) bond motifs is 11. The zero-order chi connectivity index (χ0) is 32.8. The summed E-state index contributed by atoms with van der Waals surface area (Å²) in [5.41, 5.74) is 4.43. The SMILES string of the molecule is c1ccc(-c2nc(-c3ccc4c(ccc5ccc6cc7c(cc6c54)sc4ccccc47)c3)nc(-c3ccc4c(c3)oc3ccccc34)n2)cc1. The lowest BCUT2D eigenvalue weighted by atomic mass is 9.94. The van der Waals surface area contributed by atoms with Crippen LogP contribution in [0.4, 0.5) is 0 Å². The van der Waals surface area contributed by atoms with Crippen LogP contribution in [-0.2, 0) is 0 Å². The molecule has 232 valence electrons. The van der Waals surface area contributed by atoms with Gasteiger partial charge in [0.15, 0.2) is 17.5 Å². The van der Waals surface area contributed by atoms with Crippen LogP contribution < -0.4 is 0 Å². The molecule has 3 heterocycles. The number of para-hydroxylation sites is 1. The molecule has 0 saturated carbocycles. The molecule has 0 aliphatic carbocycles. The van der Waals surface area contributed by atoms with Crippen molar-refractivity contribution in [2.24, 2.45) is 0 Å². The third kappa shape index (κ3) is 4.20. The monoisotopic (exact) mass is 655 g/mol. The Morgan fingerprint density at radius 2 is 0.980 bits per heavy atom. The lowest BCUT2D eigenvalue weighted by Gasteiger charge is -2.11. The molecule has 4 nitrogen and oxygen atoms in total. The van der Waals surface area contributed by atoms with E-state index < -0.39 is 0 Å². The molecule has 0 atom stereocenters. The van der Waals surface area contributed by atoms with E-state index in [1.165, 1.54) is 47.1 Å². The summed E-state index contributed by atoms with van der Waals surface area (Å²) in [5.74, 6) is 1.87. The van der Waals surface area contributed by atoms with Gasteiger partial charge in [0.25, 0.3) is 0 Å². The molecule has 0 aliphatic heterocycles. The molecule has 0 radical (unpaired) electrons. The lowest BCUT2D eigenvalue weighted by molar-refractivity contribution is 0.669. The molecule has 0 fully saturated rings. The molecule has 0 amide bonds. The van der Waals surface area contributed by atoms with Crippen molar-refractivity contribution in [3.63, 3.8) is 0 Å². The second-order valence-corrected chi connectivity index (χ2v) is 13.9. The Hall–Kier alpha value is -6.43. The number of rotatable bonds is 3. The number of hydrogen-bond acceptors (Lipinski definition) is 5. The van der Waals surface area contributed by atoms with Crippen LogP contribution in [0.25, 0.3) is 109 Å². The summed E-state index contributed by atoms with van der Waals surface area (Å²) < 4.78 is 8.86. The predicted octanol–water partition coefficient (Wildman–Crippen LogP) is 12.6. The van der Waals surface area contributed by atoms with Gasteiger partial charge in [-0.3, -0.25) is 0 Å². The molecular weight excluding hydrogens is 631 g/mol. The summed E-state index contributed by atoms with van der Waals surface area (Å²) in [5, 5.41) is 12.2. The minimum absolute atomic E-state index is 0.605. The first-order valence-electron chi connectivity index (χ1n) is 16.7. The first kappa shape index (κ1) is 27.5. The van der Waals surface area contributed by atoms with Crippen molar-refractivity contribution >= 4 is 85.8 Å². The molecule has 0 spiro atoms. The molecule has 0 saturated heterocycles. The molecule has 0 N–H and O–H groups in total. The molecule has 0 unspecified atom stereocenters. The third-order valence-electron chi connectivity index (χ3n) is 9.88. The van der Waals surface area contributed by atoms with Gasteiger partial charge in [0.1, 0.15) is 11.2 Å². The van der Waals surface area contributed by atoms with Crippen molar-refractivity contribution in [2.75, 3.05) is 0 Å². The molecule has 11 rings (SSSR count). The van der Waals surface area contributed by atoms with Crippen LogP contribution in [0, 0.1) is 0 Å². The zero-order valence-electron chi connectivity index (χ0n) is 26.6. The van der Waals surface area contributed by atoms with Crippen LogP contribution >= 0.6 is 11.3 Å². The standard InChI is InChI=1S/C45H25N3OS/c1-2-8-27(9-3-1)43-46-44(48-45(47-43)31-19-21-34-33-10-4-6-12-38(33)49-39(34)24-31)30-18-20-32-28(22-30)16-14-26-15-17-29-23-37-35-11-5-7-13-40(35)50-41(37)25-36(29)42(26)32/h1-25H. The summed E-state index contributed by atoms with van der Waals surface area (Å²) in [6.45, 7) is 0. The van der Waals surface area contributed by atoms with Gasteiger partial charge in [-0.2, -0.15) is 0 Å². The summed E-state index contributed by atoms with van der Waals surface area (Å²) in [7, 11) is 0. The van der Waals surface area contributed by atoms with Crippen molar-refractivity contribution in [3.05, 3.63) is 152 Å². The normalized spacial score (nSPS) is 12.0. The van der Waals surface area contributed by atoms with Gasteiger partial charge in [-0.05, 0) is 74.8 Å². The molecule has 5 heteroatoms. The molecule has 11 aromatic rings. The lowest BCUT2D eigenvalue weighted by Crippen LogP contribution is -2.00. The minimum Gasteiger partial charge on any atom is -0.456 e. The van der Waals surface area contributed by atoms with Crippen LogP contribution in [0.15, 0.2) is 156 Å². The van der Waals surface area contributed by atoms with E-state index in [-0.39, 0.29) is 0 Å². The molecule has 0 bridgehead atoms. The van der Waals surface area contributed by atoms with Crippen LogP contribution in [0.3, 0.4) is 0 Å². The van der Waals surface area contributed by atoms with Crippen LogP contribution in [-0.4, -0.2) is 15.0 Å². The Morgan fingerprint density at radius 1 is 0.360 bits per heavy atom. The Labute approximate surface area is 289 Å². The van der Waals surface area contributed by atoms with Crippen LogP contribution in [0.2, 0.25) is 0 Å². The fourth-order valence-corrected chi connectivity index (χ4v) is 8.59. The van der Waals surface area contributed by atoms with E-state index in [1.807, 2.05) is 65.9 Å². The fraction of sp³-hybridized carbons (Fsp3) is 0. The van der Waals surface area contributed by atoms with Crippen molar-refractivity contribution in [3.8, 4) is 34.2 Å². The molecular formula is C45H25N3OS. The van der Waals surface area contributed by atoms with E-state index in [0.717, 1.165) is 44.0 Å². The van der Waals surface area contributed by atoms with Gasteiger partial charge in [0.2, 0.25) is 0 Å². The van der Waals surface area contributed by atoms with E-state index in [9.17, 15) is 0 Å². The Morgan fingerprint density at radius 3 is 1.80 bits per heavy atom. The average Bonchev–Trinajstić information content (AvgIpc) is 3.74. The number of nitrogens with zero attached hydrogens (tertiary/aromatic N) is 3. The highest BCUT2D eigenvalue weighted by atomic mass is 32.1. The Balaban J connectivity index is 1.10. The minimum atomic E-state index is 0.605. The van der Waals surface area contributed by atoms with Crippen LogP contribution in [0.1, 0.15) is 0 Å². The van der Waals surface area contributed by atoms with Gasteiger partial charge in [0.05, 0.1) is 0 Å². The van der Waals surface area contributed by atoms with E-state index in [0.29, 0.717) is 17.5 Å². The molecule has 3 aromatic heterocycles. The van der Waals surface area contributed by atoms with Crippen molar-refractivity contribution in [2.45, 2.75) is 0 Å². The first-order valence-corrected chi connectivity index (χ1v) is 17.5. The van der Waals surface area contributed by atoms with Gasteiger partial charge in [-0.25, -0.2) is 15.0 Å². The maximum absolute atomic E-state index is 6.23.